The number of halogens is 3. The largest absolute Gasteiger partial charge is 1.00 e. The van der Waals surface area contributed by atoms with E-state index in [1.54, 1.807) is 59.3 Å². The normalized spacial score (nSPS) is 11.4. The molecule has 0 aliphatic heterocycles. The van der Waals surface area contributed by atoms with Crippen molar-refractivity contribution in [2.75, 3.05) is 0 Å². The van der Waals surface area contributed by atoms with Crippen molar-refractivity contribution in [1.29, 1.82) is 0 Å². The van der Waals surface area contributed by atoms with Crippen molar-refractivity contribution in [3.63, 3.8) is 0 Å². The van der Waals surface area contributed by atoms with E-state index in [-0.39, 0.29) is 65.4 Å². The van der Waals surface area contributed by atoms with Gasteiger partial charge in [-0.25, -0.2) is 0 Å². The molecule has 0 saturated heterocycles. The van der Waals surface area contributed by atoms with E-state index in [0.717, 1.165) is 17.0 Å². The van der Waals surface area contributed by atoms with E-state index in [2.05, 4.69) is 10.1 Å². The van der Waals surface area contributed by atoms with Gasteiger partial charge in [0.25, 0.3) is 5.89 Å². The summed E-state index contributed by atoms with van der Waals surface area (Å²) in [6, 6.07) is 19.4. The Bertz CT molecular complexity index is 1530. The quantitative estimate of drug-likeness (QED) is 0.335. The molecule has 0 aliphatic carbocycles. The zero-order valence-electron chi connectivity index (χ0n) is 19.1. The summed E-state index contributed by atoms with van der Waals surface area (Å²) in [5.41, 5.74) is 1.24. The van der Waals surface area contributed by atoms with Crippen LogP contribution in [0.2, 0.25) is 0 Å². The maximum absolute atomic E-state index is 13.9. The Morgan fingerprint density at radius 3 is 2.44 bits per heavy atom. The number of aromatic nitrogens is 3. The molecule has 0 amide bonds. The molecule has 176 valence electrons. The molecule has 0 bridgehead atoms. The van der Waals surface area contributed by atoms with Gasteiger partial charge in [0.1, 0.15) is 0 Å². The molecular weight excluding hydrogens is 482 g/mol. The van der Waals surface area contributed by atoms with Gasteiger partial charge < -0.3 is 19.0 Å². The summed E-state index contributed by atoms with van der Waals surface area (Å²) >= 11 is 0. The van der Waals surface area contributed by atoms with Crippen LogP contribution < -0.4 is 34.7 Å². The first-order chi connectivity index (χ1) is 16.8. The number of carboxylic acid groups (broad SMARTS) is 1. The van der Waals surface area contributed by atoms with Gasteiger partial charge in [0.15, 0.2) is 0 Å². The fourth-order valence-corrected chi connectivity index (χ4v) is 4.06. The second-order valence-electron chi connectivity index (χ2n) is 7.92. The Balaban J connectivity index is 0.00000304. The number of carboxylic acids is 1. The fraction of sp³-hybridized carbons (Fsp3) is 0.115. The summed E-state index contributed by atoms with van der Waals surface area (Å²) in [5.74, 6) is -0.982. The molecule has 3 aromatic carbocycles. The van der Waals surface area contributed by atoms with Crippen LogP contribution in [-0.2, 0) is 17.5 Å². The molecular formula is C26H17F3N3NaO3. The van der Waals surface area contributed by atoms with Crippen LogP contribution in [0.25, 0.3) is 44.9 Å². The number of alkyl halides is 3. The van der Waals surface area contributed by atoms with E-state index in [4.69, 9.17) is 4.52 Å². The topological polar surface area (TPSA) is 84.0 Å². The molecule has 36 heavy (non-hydrogen) atoms. The summed E-state index contributed by atoms with van der Waals surface area (Å²) in [4.78, 5) is 15.2. The molecule has 6 nitrogen and oxygen atoms in total. The van der Waals surface area contributed by atoms with Crippen LogP contribution in [0.3, 0.4) is 0 Å². The van der Waals surface area contributed by atoms with E-state index in [1.807, 2.05) is 6.07 Å². The van der Waals surface area contributed by atoms with Crippen molar-refractivity contribution in [3.8, 4) is 34.0 Å². The second-order valence-corrected chi connectivity index (χ2v) is 7.92. The van der Waals surface area contributed by atoms with Crippen molar-refractivity contribution in [3.05, 3.63) is 84.6 Å². The fourth-order valence-electron chi connectivity index (χ4n) is 4.06. The van der Waals surface area contributed by atoms with Crippen LogP contribution in [0.4, 0.5) is 13.2 Å². The molecule has 0 saturated carbocycles. The number of carbonyl (C=O) groups excluding carboxylic acids is 1. The summed E-state index contributed by atoms with van der Waals surface area (Å²) in [6.45, 7) is 0.237. The van der Waals surface area contributed by atoms with Crippen LogP contribution in [-0.4, -0.2) is 20.7 Å². The van der Waals surface area contributed by atoms with Gasteiger partial charge in [0.2, 0.25) is 5.82 Å². The molecule has 5 rings (SSSR count). The minimum atomic E-state index is -4.58. The average Bonchev–Trinajstić information content (AvgIpc) is 3.50. The van der Waals surface area contributed by atoms with E-state index in [9.17, 15) is 23.1 Å². The Kier molecular flexibility index (Phi) is 7.35. The van der Waals surface area contributed by atoms with Gasteiger partial charge in [-0.3, -0.25) is 0 Å². The van der Waals surface area contributed by atoms with Crippen molar-refractivity contribution in [1.82, 2.24) is 14.7 Å². The van der Waals surface area contributed by atoms with Crippen molar-refractivity contribution in [2.24, 2.45) is 0 Å². The zero-order chi connectivity index (χ0) is 24.6. The van der Waals surface area contributed by atoms with Gasteiger partial charge in [-0.1, -0.05) is 53.7 Å². The molecule has 0 N–H and O–H groups in total. The maximum atomic E-state index is 13.9. The number of aryl methyl sites for hydroxylation is 1. The van der Waals surface area contributed by atoms with Crippen molar-refractivity contribution >= 4 is 16.9 Å². The van der Waals surface area contributed by atoms with Gasteiger partial charge in [0.05, 0.1) is 5.56 Å². The number of aliphatic carboxylic acids is 1. The first-order valence-corrected chi connectivity index (χ1v) is 10.7. The Hall–Kier alpha value is -3.40. The van der Waals surface area contributed by atoms with Crippen LogP contribution in [0.5, 0.6) is 0 Å². The van der Waals surface area contributed by atoms with Crippen LogP contribution in [0.15, 0.2) is 83.5 Å². The molecule has 0 aliphatic rings. The molecule has 10 heteroatoms. The number of carbonyl (C=O) groups is 1. The monoisotopic (exact) mass is 499 g/mol. The number of nitrogens with zero attached hydrogens (tertiary/aromatic N) is 3. The third kappa shape index (κ3) is 5.09. The Morgan fingerprint density at radius 2 is 1.72 bits per heavy atom. The predicted molar refractivity (Wildman–Crippen MR) is 121 cm³/mol. The molecule has 0 spiro atoms. The molecule has 5 aromatic rings. The van der Waals surface area contributed by atoms with E-state index < -0.39 is 17.7 Å². The van der Waals surface area contributed by atoms with E-state index >= 15 is 0 Å². The molecule has 0 unspecified atom stereocenters. The van der Waals surface area contributed by atoms with E-state index in [1.165, 1.54) is 12.1 Å². The molecule has 0 radical (unpaired) electrons. The van der Waals surface area contributed by atoms with Gasteiger partial charge in [-0.2, -0.15) is 18.2 Å². The van der Waals surface area contributed by atoms with Gasteiger partial charge in [-0.15, -0.1) is 0 Å². The predicted octanol–water partition coefficient (Wildman–Crippen LogP) is 2.19. The number of rotatable bonds is 6. The van der Waals surface area contributed by atoms with Crippen LogP contribution >= 0.6 is 0 Å². The standard InChI is InChI=1S/C26H18F3N3O3.Na/c27-26(28,29)21-15-17(9-10-18(21)16-5-2-1-3-6-16)25-30-24(31-35-25)20-7-4-8-22-19(20)11-13-32(22)14-12-23(33)34;/h1-11,13,15H,12,14H2,(H,33,34);/q;+1/p-1. The summed E-state index contributed by atoms with van der Waals surface area (Å²) in [6.07, 6.45) is -2.97. The Labute approximate surface area is 225 Å². The van der Waals surface area contributed by atoms with Crippen LogP contribution in [0.1, 0.15) is 12.0 Å². The third-order valence-electron chi connectivity index (χ3n) is 5.69. The first-order valence-electron chi connectivity index (χ1n) is 10.7. The minimum absolute atomic E-state index is 0. The smallest absolute Gasteiger partial charge is 0.550 e. The summed E-state index contributed by atoms with van der Waals surface area (Å²) in [7, 11) is 0. The molecule has 2 heterocycles. The molecule has 2 aromatic heterocycles. The number of benzene rings is 3. The van der Waals surface area contributed by atoms with Crippen molar-refractivity contribution < 1.29 is 57.2 Å². The molecule has 0 fully saturated rings. The van der Waals surface area contributed by atoms with Crippen molar-refractivity contribution in [2.45, 2.75) is 19.1 Å². The minimum Gasteiger partial charge on any atom is -0.550 e. The van der Waals surface area contributed by atoms with E-state index in [0.29, 0.717) is 11.1 Å². The Morgan fingerprint density at radius 1 is 0.944 bits per heavy atom. The van der Waals surface area contributed by atoms with Gasteiger partial charge in [-0.05, 0) is 35.4 Å². The maximum Gasteiger partial charge on any atom is 1.00 e. The number of fused-ring (bicyclic) bond motifs is 1. The SMILES string of the molecule is O=C([O-])CCn1ccc2c(-c3noc(-c4ccc(-c5ccccc5)c(C(F)(F)F)c4)n3)cccc21.[Na+]. The second kappa shape index (κ2) is 10.3. The third-order valence-corrected chi connectivity index (χ3v) is 5.69. The zero-order valence-corrected chi connectivity index (χ0v) is 21.1. The van der Waals surface area contributed by atoms with Gasteiger partial charge >= 0.3 is 35.7 Å². The van der Waals surface area contributed by atoms with Gasteiger partial charge in [0, 0.05) is 47.2 Å². The first kappa shape index (κ1) is 25.7. The summed E-state index contributed by atoms with van der Waals surface area (Å²) < 4.78 is 48.7. The van der Waals surface area contributed by atoms with Crippen LogP contribution in [0, 0.1) is 0 Å². The summed E-state index contributed by atoms with van der Waals surface area (Å²) in [5, 5.41) is 15.6. The average molecular weight is 499 g/mol. The number of hydrogen-bond acceptors (Lipinski definition) is 5. The number of hydrogen-bond donors (Lipinski definition) is 0. The molecule has 0 atom stereocenters.